The Morgan fingerprint density at radius 2 is 1.89 bits per heavy atom. The summed E-state index contributed by atoms with van der Waals surface area (Å²) in [6.07, 6.45) is 0. The fourth-order valence-corrected chi connectivity index (χ4v) is 2.90. The molecule has 0 amide bonds. The number of nitrogens with zero attached hydrogens (tertiary/aromatic N) is 1. The van der Waals surface area contributed by atoms with Crippen molar-refractivity contribution in [2.45, 2.75) is 20.5 Å². The predicted octanol–water partition coefficient (Wildman–Crippen LogP) is 4.35. The number of hydrogen-bond acceptors (Lipinski definition) is 4. The molecular weight excluding hydrogens is 293 g/mol. The van der Waals surface area contributed by atoms with Crippen LogP contribution in [0.15, 0.2) is 12.1 Å². The summed E-state index contributed by atoms with van der Waals surface area (Å²) in [6.45, 7) is 3.69. The van der Waals surface area contributed by atoms with Gasteiger partial charge in [-0.3, -0.25) is 0 Å². The largest absolute Gasteiger partial charge is 0.430 e. The van der Waals surface area contributed by atoms with Crippen molar-refractivity contribution in [3.05, 3.63) is 38.3 Å². The number of thiazole rings is 1. The normalized spacial score (nSPS) is 10.7. The first-order chi connectivity index (χ1) is 8.51. The van der Waals surface area contributed by atoms with Crippen LogP contribution in [0.1, 0.15) is 16.0 Å². The first kappa shape index (κ1) is 13.6. The fourth-order valence-electron chi connectivity index (χ4n) is 1.60. The molecule has 0 saturated heterocycles. The minimum atomic E-state index is -0.140. The van der Waals surface area contributed by atoms with Gasteiger partial charge >= 0.3 is 0 Å². The molecule has 0 aliphatic heterocycles. The van der Waals surface area contributed by atoms with Crippen molar-refractivity contribution in [2.75, 3.05) is 0 Å². The first-order valence-electron chi connectivity index (χ1n) is 5.22. The van der Waals surface area contributed by atoms with E-state index < -0.39 is 0 Å². The number of aliphatic hydroxyl groups excluding tert-OH is 1. The van der Waals surface area contributed by atoms with Crippen molar-refractivity contribution in [1.29, 1.82) is 0 Å². The van der Waals surface area contributed by atoms with E-state index in [1.165, 1.54) is 11.3 Å². The molecule has 18 heavy (non-hydrogen) atoms. The Morgan fingerprint density at radius 3 is 2.39 bits per heavy atom. The number of hydrogen-bond donors (Lipinski definition) is 1. The molecule has 0 atom stereocenters. The van der Waals surface area contributed by atoms with Crippen LogP contribution in [0.5, 0.6) is 10.9 Å². The van der Waals surface area contributed by atoms with Gasteiger partial charge in [0.2, 0.25) is 0 Å². The smallest absolute Gasteiger partial charge is 0.280 e. The van der Waals surface area contributed by atoms with Crippen molar-refractivity contribution in [3.63, 3.8) is 0 Å². The molecule has 1 aromatic carbocycles. The summed E-state index contributed by atoms with van der Waals surface area (Å²) in [5.41, 5.74) is 1.86. The highest BCUT2D eigenvalue weighted by Gasteiger charge is 2.13. The van der Waals surface area contributed by atoms with Crippen LogP contribution in [0.2, 0.25) is 10.2 Å². The lowest BCUT2D eigenvalue weighted by atomic mass is 10.1. The third kappa shape index (κ3) is 2.78. The van der Waals surface area contributed by atoms with E-state index >= 15 is 0 Å². The minimum Gasteiger partial charge on any atom is -0.430 e. The Labute approximate surface area is 119 Å². The average Bonchev–Trinajstić information content (AvgIpc) is 2.64. The van der Waals surface area contributed by atoms with E-state index in [9.17, 15) is 0 Å². The molecule has 0 bridgehead atoms. The van der Waals surface area contributed by atoms with E-state index in [0.29, 0.717) is 20.8 Å². The maximum atomic E-state index is 9.06. The maximum Gasteiger partial charge on any atom is 0.280 e. The van der Waals surface area contributed by atoms with Gasteiger partial charge in [0.15, 0.2) is 0 Å². The topological polar surface area (TPSA) is 42.4 Å². The van der Waals surface area contributed by atoms with Crippen LogP contribution in [0.3, 0.4) is 0 Å². The van der Waals surface area contributed by atoms with Gasteiger partial charge in [0, 0.05) is 5.02 Å². The number of halogens is 2. The van der Waals surface area contributed by atoms with Gasteiger partial charge < -0.3 is 9.84 Å². The highest BCUT2D eigenvalue weighted by Crippen LogP contribution is 2.35. The summed E-state index contributed by atoms with van der Waals surface area (Å²) in [6, 6.07) is 3.65. The summed E-state index contributed by atoms with van der Waals surface area (Å²) in [5.74, 6) is 0.717. The summed E-state index contributed by atoms with van der Waals surface area (Å²) >= 11 is 13.0. The molecule has 0 saturated carbocycles. The van der Waals surface area contributed by atoms with Crippen LogP contribution in [0.4, 0.5) is 0 Å². The van der Waals surface area contributed by atoms with Crippen LogP contribution < -0.4 is 4.74 Å². The molecule has 1 N–H and O–H groups in total. The van der Waals surface area contributed by atoms with Crippen molar-refractivity contribution >= 4 is 34.5 Å². The highest BCUT2D eigenvalue weighted by atomic mass is 35.5. The summed E-state index contributed by atoms with van der Waals surface area (Å²) in [7, 11) is 0. The quantitative estimate of drug-likeness (QED) is 0.916. The molecule has 2 rings (SSSR count). The first-order valence-corrected chi connectivity index (χ1v) is 6.79. The average molecular weight is 304 g/mol. The highest BCUT2D eigenvalue weighted by molar-refractivity contribution is 7.13. The number of rotatable bonds is 3. The monoisotopic (exact) mass is 303 g/mol. The van der Waals surface area contributed by atoms with Gasteiger partial charge in [-0.2, -0.15) is 4.98 Å². The van der Waals surface area contributed by atoms with Gasteiger partial charge in [-0.05, 0) is 37.1 Å². The Balaban J connectivity index is 2.33. The molecule has 0 radical (unpaired) electrons. The van der Waals surface area contributed by atoms with E-state index in [4.69, 9.17) is 33.0 Å². The standard InChI is InChI=1S/C12H11Cl2NO2S/c1-6-3-8(13)4-7(2)10(6)17-12-15-11(14)9(5-16)18-12/h3-4,16H,5H2,1-2H3. The van der Waals surface area contributed by atoms with E-state index in [1.807, 2.05) is 26.0 Å². The second-order valence-corrected chi connectivity index (χ2v) is 5.66. The summed E-state index contributed by atoms with van der Waals surface area (Å²) < 4.78 is 5.71. The van der Waals surface area contributed by atoms with Gasteiger partial charge in [-0.1, -0.05) is 34.5 Å². The van der Waals surface area contributed by atoms with E-state index in [2.05, 4.69) is 4.98 Å². The van der Waals surface area contributed by atoms with Gasteiger partial charge in [0.1, 0.15) is 10.9 Å². The van der Waals surface area contributed by atoms with Gasteiger partial charge in [-0.15, -0.1) is 0 Å². The lowest BCUT2D eigenvalue weighted by Gasteiger charge is -2.09. The van der Waals surface area contributed by atoms with Crippen LogP contribution in [0, 0.1) is 13.8 Å². The maximum absolute atomic E-state index is 9.06. The van der Waals surface area contributed by atoms with Crippen molar-refractivity contribution in [1.82, 2.24) is 4.98 Å². The van der Waals surface area contributed by atoms with Crippen LogP contribution in [-0.4, -0.2) is 10.1 Å². The Kier molecular flexibility index (Phi) is 4.12. The van der Waals surface area contributed by atoms with Crippen molar-refractivity contribution in [2.24, 2.45) is 0 Å². The number of aliphatic hydroxyl groups is 1. The molecule has 0 spiro atoms. The molecule has 96 valence electrons. The van der Waals surface area contributed by atoms with Crippen LogP contribution in [-0.2, 0) is 6.61 Å². The zero-order valence-electron chi connectivity index (χ0n) is 9.83. The van der Waals surface area contributed by atoms with Crippen molar-refractivity contribution < 1.29 is 9.84 Å². The molecule has 3 nitrogen and oxygen atoms in total. The predicted molar refractivity (Wildman–Crippen MR) is 74.0 cm³/mol. The second kappa shape index (κ2) is 5.45. The molecule has 0 unspecified atom stereocenters. The molecule has 0 aliphatic carbocycles. The molecule has 1 aromatic heterocycles. The molecular formula is C12H11Cl2NO2S. The number of aryl methyl sites for hydroxylation is 2. The van der Waals surface area contributed by atoms with Crippen LogP contribution in [0.25, 0.3) is 0 Å². The SMILES string of the molecule is Cc1cc(Cl)cc(C)c1Oc1nc(Cl)c(CO)s1. The van der Waals surface area contributed by atoms with E-state index in [0.717, 1.165) is 11.1 Å². The van der Waals surface area contributed by atoms with Crippen LogP contribution >= 0.6 is 34.5 Å². The number of ether oxygens (including phenoxy) is 1. The lowest BCUT2D eigenvalue weighted by molar-refractivity contribution is 0.285. The van der Waals surface area contributed by atoms with Gasteiger partial charge in [-0.25, -0.2) is 0 Å². The van der Waals surface area contributed by atoms with Gasteiger partial charge in [0.25, 0.3) is 5.19 Å². The third-order valence-electron chi connectivity index (χ3n) is 2.39. The molecule has 2 aromatic rings. The Bertz CT molecular complexity index is 560. The van der Waals surface area contributed by atoms with E-state index in [-0.39, 0.29) is 11.8 Å². The zero-order valence-corrected chi connectivity index (χ0v) is 12.2. The minimum absolute atomic E-state index is 0.140. The third-order valence-corrected chi connectivity index (χ3v) is 3.95. The summed E-state index contributed by atoms with van der Waals surface area (Å²) in [4.78, 5) is 4.64. The van der Waals surface area contributed by atoms with Gasteiger partial charge in [0.05, 0.1) is 11.5 Å². The molecule has 6 heteroatoms. The number of aromatic nitrogens is 1. The lowest BCUT2D eigenvalue weighted by Crippen LogP contribution is -1.90. The van der Waals surface area contributed by atoms with Crippen molar-refractivity contribution in [3.8, 4) is 10.9 Å². The van der Waals surface area contributed by atoms with E-state index in [1.54, 1.807) is 0 Å². The number of benzene rings is 1. The Hall–Kier alpha value is -0.810. The molecule has 0 aliphatic rings. The molecule has 0 fully saturated rings. The fraction of sp³-hybridized carbons (Fsp3) is 0.250. The zero-order chi connectivity index (χ0) is 13.3. The molecule has 1 heterocycles. The second-order valence-electron chi connectivity index (χ2n) is 3.82. The Morgan fingerprint density at radius 1 is 1.28 bits per heavy atom. The summed E-state index contributed by atoms with van der Waals surface area (Å²) in [5, 5.41) is 10.4.